The summed E-state index contributed by atoms with van der Waals surface area (Å²) in [5.41, 5.74) is 2.80. The third kappa shape index (κ3) is 4.01. The SMILES string of the molecule is COc1ccc(CN(C)CC(=O)NN)cc1F. The molecule has 1 aromatic carbocycles. The van der Waals surface area contributed by atoms with Gasteiger partial charge in [-0.3, -0.25) is 15.1 Å². The lowest BCUT2D eigenvalue weighted by Crippen LogP contribution is -2.38. The number of benzene rings is 1. The summed E-state index contributed by atoms with van der Waals surface area (Å²) in [6.45, 7) is 0.610. The van der Waals surface area contributed by atoms with E-state index in [4.69, 9.17) is 10.6 Å². The molecule has 0 fully saturated rings. The van der Waals surface area contributed by atoms with Crippen molar-refractivity contribution in [3.05, 3.63) is 29.6 Å². The molecule has 0 aliphatic heterocycles. The highest BCUT2D eigenvalue weighted by atomic mass is 19.1. The third-order valence-corrected chi connectivity index (χ3v) is 2.24. The smallest absolute Gasteiger partial charge is 0.248 e. The van der Waals surface area contributed by atoms with Crippen LogP contribution in [0.5, 0.6) is 5.75 Å². The van der Waals surface area contributed by atoms with E-state index in [2.05, 4.69) is 0 Å². The van der Waals surface area contributed by atoms with Crippen LogP contribution in [0.1, 0.15) is 5.56 Å². The highest BCUT2D eigenvalue weighted by Crippen LogP contribution is 2.18. The molecule has 0 saturated heterocycles. The molecule has 0 aliphatic carbocycles. The number of halogens is 1. The Morgan fingerprint density at radius 1 is 1.59 bits per heavy atom. The first kappa shape index (κ1) is 13.4. The Morgan fingerprint density at radius 2 is 2.29 bits per heavy atom. The predicted octanol–water partition coefficient (Wildman–Crippen LogP) is 0.256. The summed E-state index contributed by atoms with van der Waals surface area (Å²) < 4.78 is 18.2. The van der Waals surface area contributed by atoms with Crippen molar-refractivity contribution < 1.29 is 13.9 Å². The van der Waals surface area contributed by atoms with Gasteiger partial charge in [0.15, 0.2) is 11.6 Å². The average molecular weight is 241 g/mol. The number of likely N-dealkylation sites (N-methyl/N-ethyl adjacent to an activating group) is 1. The van der Waals surface area contributed by atoms with Crippen LogP contribution in [0.4, 0.5) is 4.39 Å². The number of carbonyl (C=O) groups is 1. The van der Waals surface area contributed by atoms with Gasteiger partial charge < -0.3 is 4.74 Å². The summed E-state index contributed by atoms with van der Waals surface area (Å²) in [6.07, 6.45) is 0. The van der Waals surface area contributed by atoms with Crippen molar-refractivity contribution in [3.8, 4) is 5.75 Å². The van der Waals surface area contributed by atoms with E-state index >= 15 is 0 Å². The molecule has 0 bridgehead atoms. The van der Waals surface area contributed by atoms with Gasteiger partial charge in [0, 0.05) is 6.54 Å². The molecule has 6 heteroatoms. The number of hydrogen-bond donors (Lipinski definition) is 2. The van der Waals surface area contributed by atoms with E-state index in [1.807, 2.05) is 5.43 Å². The van der Waals surface area contributed by atoms with E-state index in [-0.39, 0.29) is 18.2 Å². The van der Waals surface area contributed by atoms with Gasteiger partial charge in [0.05, 0.1) is 13.7 Å². The van der Waals surface area contributed by atoms with E-state index in [0.717, 1.165) is 5.56 Å². The normalized spacial score (nSPS) is 10.4. The van der Waals surface area contributed by atoms with Crippen LogP contribution in [0.3, 0.4) is 0 Å². The van der Waals surface area contributed by atoms with Gasteiger partial charge in [0.1, 0.15) is 0 Å². The van der Waals surface area contributed by atoms with Gasteiger partial charge in [-0.2, -0.15) is 0 Å². The van der Waals surface area contributed by atoms with Gasteiger partial charge in [-0.15, -0.1) is 0 Å². The second-order valence-corrected chi connectivity index (χ2v) is 3.71. The zero-order valence-corrected chi connectivity index (χ0v) is 9.87. The van der Waals surface area contributed by atoms with Gasteiger partial charge in [0.2, 0.25) is 5.91 Å². The minimum absolute atomic E-state index is 0.157. The number of ether oxygens (including phenoxy) is 1. The number of amides is 1. The molecule has 0 atom stereocenters. The Labute approximate surface area is 99.3 Å². The fourth-order valence-electron chi connectivity index (χ4n) is 1.47. The van der Waals surface area contributed by atoms with Crippen molar-refractivity contribution in [2.75, 3.05) is 20.7 Å². The molecule has 1 amide bonds. The second kappa shape index (κ2) is 6.17. The van der Waals surface area contributed by atoms with Crippen molar-refractivity contribution >= 4 is 5.91 Å². The molecule has 17 heavy (non-hydrogen) atoms. The van der Waals surface area contributed by atoms with Crippen LogP contribution in [-0.4, -0.2) is 31.5 Å². The minimum Gasteiger partial charge on any atom is -0.494 e. The number of hydrogen-bond acceptors (Lipinski definition) is 4. The molecule has 3 N–H and O–H groups in total. The molecule has 0 saturated carbocycles. The summed E-state index contributed by atoms with van der Waals surface area (Å²) in [6, 6.07) is 4.69. The summed E-state index contributed by atoms with van der Waals surface area (Å²) in [7, 11) is 3.16. The number of methoxy groups -OCH3 is 1. The van der Waals surface area contributed by atoms with Crippen molar-refractivity contribution in [3.63, 3.8) is 0 Å². The topological polar surface area (TPSA) is 67.6 Å². The van der Waals surface area contributed by atoms with Gasteiger partial charge in [-0.05, 0) is 24.7 Å². The number of nitrogens with zero attached hydrogens (tertiary/aromatic N) is 1. The van der Waals surface area contributed by atoms with Gasteiger partial charge in [-0.25, -0.2) is 10.2 Å². The maximum atomic E-state index is 13.4. The van der Waals surface area contributed by atoms with Crippen molar-refractivity contribution in [2.24, 2.45) is 5.84 Å². The summed E-state index contributed by atoms with van der Waals surface area (Å²) in [4.78, 5) is 12.7. The van der Waals surface area contributed by atoms with Crippen LogP contribution < -0.4 is 16.0 Å². The van der Waals surface area contributed by atoms with Crippen molar-refractivity contribution in [2.45, 2.75) is 6.54 Å². The number of hydrazine groups is 1. The molecule has 0 unspecified atom stereocenters. The zero-order chi connectivity index (χ0) is 12.8. The van der Waals surface area contributed by atoms with Crippen LogP contribution >= 0.6 is 0 Å². The Kier molecular flexibility index (Phi) is 4.86. The molecule has 0 aromatic heterocycles. The predicted molar refractivity (Wildman–Crippen MR) is 61.6 cm³/mol. The van der Waals surface area contributed by atoms with E-state index in [9.17, 15) is 9.18 Å². The molecule has 94 valence electrons. The first-order valence-corrected chi connectivity index (χ1v) is 5.07. The van der Waals surface area contributed by atoms with E-state index in [1.165, 1.54) is 13.2 Å². The number of carbonyl (C=O) groups excluding carboxylic acids is 1. The lowest BCUT2D eigenvalue weighted by Gasteiger charge is -2.15. The van der Waals surface area contributed by atoms with Gasteiger partial charge in [0.25, 0.3) is 0 Å². The maximum absolute atomic E-state index is 13.4. The van der Waals surface area contributed by atoms with Crippen molar-refractivity contribution in [1.29, 1.82) is 0 Å². The molecule has 0 heterocycles. The third-order valence-electron chi connectivity index (χ3n) is 2.24. The Balaban J connectivity index is 2.62. The van der Waals surface area contributed by atoms with Crippen LogP contribution in [0.2, 0.25) is 0 Å². The van der Waals surface area contributed by atoms with Crippen LogP contribution in [0.25, 0.3) is 0 Å². The lowest BCUT2D eigenvalue weighted by molar-refractivity contribution is -0.122. The fourth-order valence-corrected chi connectivity index (χ4v) is 1.47. The molecule has 1 rings (SSSR count). The summed E-state index contributed by atoms with van der Waals surface area (Å²) >= 11 is 0. The van der Waals surface area contributed by atoms with Gasteiger partial charge in [-0.1, -0.05) is 6.07 Å². The summed E-state index contributed by atoms with van der Waals surface area (Å²) in [5, 5.41) is 0. The van der Waals surface area contributed by atoms with E-state index in [1.54, 1.807) is 24.1 Å². The molecule has 1 aromatic rings. The standard InChI is InChI=1S/C11H16FN3O2/c1-15(7-11(16)14-13)6-8-3-4-10(17-2)9(12)5-8/h3-5H,6-7,13H2,1-2H3,(H,14,16). The molecule has 0 radical (unpaired) electrons. The highest BCUT2D eigenvalue weighted by Gasteiger charge is 2.08. The average Bonchev–Trinajstić information content (AvgIpc) is 2.29. The fraction of sp³-hybridized carbons (Fsp3) is 0.364. The van der Waals surface area contributed by atoms with Crippen LogP contribution in [0.15, 0.2) is 18.2 Å². The Bertz CT molecular complexity index is 398. The van der Waals surface area contributed by atoms with E-state index in [0.29, 0.717) is 6.54 Å². The zero-order valence-electron chi connectivity index (χ0n) is 9.87. The van der Waals surface area contributed by atoms with Crippen LogP contribution in [-0.2, 0) is 11.3 Å². The number of nitrogens with two attached hydrogens (primary N) is 1. The molecular formula is C11H16FN3O2. The maximum Gasteiger partial charge on any atom is 0.248 e. The Hall–Kier alpha value is -1.66. The second-order valence-electron chi connectivity index (χ2n) is 3.71. The quantitative estimate of drug-likeness (QED) is 0.441. The van der Waals surface area contributed by atoms with Crippen LogP contribution in [0, 0.1) is 5.82 Å². The Morgan fingerprint density at radius 3 is 2.82 bits per heavy atom. The number of nitrogens with one attached hydrogen (secondary N) is 1. The van der Waals surface area contributed by atoms with E-state index < -0.39 is 5.82 Å². The summed E-state index contributed by atoms with van der Waals surface area (Å²) in [5.74, 6) is 4.47. The largest absolute Gasteiger partial charge is 0.494 e. The van der Waals surface area contributed by atoms with Gasteiger partial charge >= 0.3 is 0 Å². The minimum atomic E-state index is -0.415. The molecular weight excluding hydrogens is 225 g/mol. The first-order chi connectivity index (χ1) is 8.06. The first-order valence-electron chi connectivity index (χ1n) is 5.07. The number of rotatable bonds is 5. The molecule has 0 aliphatic rings. The molecule has 0 spiro atoms. The van der Waals surface area contributed by atoms with Crippen molar-refractivity contribution in [1.82, 2.24) is 10.3 Å². The highest BCUT2D eigenvalue weighted by molar-refractivity contribution is 5.77. The monoisotopic (exact) mass is 241 g/mol. The molecule has 5 nitrogen and oxygen atoms in total. The lowest BCUT2D eigenvalue weighted by atomic mass is 10.2.